The SMILES string of the molecule is Cc1nn(C2CC2)cc1C(C)Cc1cc(C(C)C)n(C)n1. The second-order valence-electron chi connectivity index (χ2n) is 6.83. The Morgan fingerprint density at radius 1 is 1.24 bits per heavy atom. The van der Waals surface area contributed by atoms with Crippen molar-refractivity contribution in [2.24, 2.45) is 7.05 Å². The number of aromatic nitrogens is 4. The van der Waals surface area contributed by atoms with E-state index in [2.05, 4.69) is 54.8 Å². The highest BCUT2D eigenvalue weighted by molar-refractivity contribution is 5.24. The van der Waals surface area contributed by atoms with Crippen LogP contribution in [-0.4, -0.2) is 19.6 Å². The molecule has 0 radical (unpaired) electrons. The molecule has 114 valence electrons. The van der Waals surface area contributed by atoms with Crippen molar-refractivity contribution in [3.8, 4) is 0 Å². The van der Waals surface area contributed by atoms with Crippen LogP contribution in [0.4, 0.5) is 0 Å². The topological polar surface area (TPSA) is 35.6 Å². The molecule has 3 rings (SSSR count). The van der Waals surface area contributed by atoms with Crippen LogP contribution in [0, 0.1) is 6.92 Å². The highest BCUT2D eigenvalue weighted by Gasteiger charge is 2.26. The van der Waals surface area contributed by atoms with Crippen LogP contribution in [0.15, 0.2) is 12.3 Å². The summed E-state index contributed by atoms with van der Waals surface area (Å²) in [7, 11) is 2.04. The monoisotopic (exact) mass is 286 g/mol. The summed E-state index contributed by atoms with van der Waals surface area (Å²) in [6.45, 7) is 8.84. The van der Waals surface area contributed by atoms with Gasteiger partial charge in [0.05, 0.1) is 17.4 Å². The average molecular weight is 286 g/mol. The van der Waals surface area contributed by atoms with Gasteiger partial charge in [0.15, 0.2) is 0 Å². The molecule has 0 amide bonds. The highest BCUT2D eigenvalue weighted by atomic mass is 15.3. The second-order valence-corrected chi connectivity index (χ2v) is 6.83. The van der Waals surface area contributed by atoms with Gasteiger partial charge in [-0.3, -0.25) is 9.36 Å². The fourth-order valence-corrected chi connectivity index (χ4v) is 3.11. The molecular formula is C17H26N4. The Balaban J connectivity index is 1.76. The number of hydrogen-bond acceptors (Lipinski definition) is 2. The number of aryl methyl sites for hydroxylation is 2. The third-order valence-corrected chi connectivity index (χ3v) is 4.48. The van der Waals surface area contributed by atoms with Gasteiger partial charge in [-0.2, -0.15) is 10.2 Å². The zero-order chi connectivity index (χ0) is 15.1. The molecule has 1 atom stereocenters. The summed E-state index contributed by atoms with van der Waals surface area (Å²) < 4.78 is 4.19. The van der Waals surface area contributed by atoms with Crippen molar-refractivity contribution in [1.82, 2.24) is 19.6 Å². The number of nitrogens with zero attached hydrogens (tertiary/aromatic N) is 4. The van der Waals surface area contributed by atoms with Crippen molar-refractivity contribution < 1.29 is 0 Å². The van der Waals surface area contributed by atoms with E-state index in [0.29, 0.717) is 17.9 Å². The van der Waals surface area contributed by atoms with Crippen LogP contribution in [0.25, 0.3) is 0 Å². The van der Waals surface area contributed by atoms with Gasteiger partial charge in [0, 0.05) is 18.9 Å². The summed E-state index contributed by atoms with van der Waals surface area (Å²) in [5.74, 6) is 0.985. The van der Waals surface area contributed by atoms with Crippen LogP contribution in [0.2, 0.25) is 0 Å². The summed E-state index contributed by atoms with van der Waals surface area (Å²) >= 11 is 0. The fourth-order valence-electron chi connectivity index (χ4n) is 3.11. The third kappa shape index (κ3) is 2.89. The van der Waals surface area contributed by atoms with Gasteiger partial charge in [-0.25, -0.2) is 0 Å². The molecule has 0 saturated heterocycles. The molecule has 0 aromatic carbocycles. The van der Waals surface area contributed by atoms with Gasteiger partial charge < -0.3 is 0 Å². The molecular weight excluding hydrogens is 260 g/mol. The van der Waals surface area contributed by atoms with Gasteiger partial charge in [0.25, 0.3) is 0 Å². The van der Waals surface area contributed by atoms with E-state index in [0.717, 1.165) is 6.42 Å². The van der Waals surface area contributed by atoms with Crippen LogP contribution in [0.1, 0.15) is 74.1 Å². The molecule has 0 aliphatic heterocycles. The molecule has 4 heteroatoms. The molecule has 1 aliphatic carbocycles. The van der Waals surface area contributed by atoms with Crippen molar-refractivity contribution in [3.05, 3.63) is 34.9 Å². The van der Waals surface area contributed by atoms with Crippen LogP contribution in [0.3, 0.4) is 0 Å². The van der Waals surface area contributed by atoms with Crippen molar-refractivity contribution in [1.29, 1.82) is 0 Å². The van der Waals surface area contributed by atoms with Gasteiger partial charge >= 0.3 is 0 Å². The van der Waals surface area contributed by atoms with Crippen molar-refractivity contribution in [3.63, 3.8) is 0 Å². The van der Waals surface area contributed by atoms with Gasteiger partial charge in [-0.05, 0) is 49.7 Å². The molecule has 0 spiro atoms. The van der Waals surface area contributed by atoms with Gasteiger partial charge in [-0.15, -0.1) is 0 Å². The smallest absolute Gasteiger partial charge is 0.0633 e. The first-order valence-corrected chi connectivity index (χ1v) is 8.04. The van der Waals surface area contributed by atoms with E-state index in [-0.39, 0.29) is 0 Å². The van der Waals surface area contributed by atoms with Gasteiger partial charge in [-0.1, -0.05) is 20.8 Å². The Labute approximate surface area is 127 Å². The van der Waals surface area contributed by atoms with E-state index in [1.165, 1.54) is 35.5 Å². The zero-order valence-electron chi connectivity index (χ0n) is 13.8. The number of rotatable bonds is 5. The van der Waals surface area contributed by atoms with Crippen LogP contribution in [0.5, 0.6) is 0 Å². The standard InChI is InChI=1S/C17H26N4/c1-11(2)17-9-14(19-20(17)5)8-12(3)16-10-21(15-6-7-15)18-13(16)4/h9-12,15H,6-8H2,1-5H3. The maximum absolute atomic E-state index is 4.68. The Morgan fingerprint density at radius 3 is 2.52 bits per heavy atom. The van der Waals surface area contributed by atoms with Gasteiger partial charge in [0.1, 0.15) is 0 Å². The lowest BCUT2D eigenvalue weighted by Crippen LogP contribution is -2.01. The third-order valence-electron chi connectivity index (χ3n) is 4.48. The normalized spacial score (nSPS) is 16.7. The molecule has 1 unspecified atom stereocenters. The van der Waals surface area contributed by atoms with E-state index in [1.54, 1.807) is 0 Å². The zero-order valence-corrected chi connectivity index (χ0v) is 13.8. The molecule has 0 bridgehead atoms. The predicted molar refractivity (Wildman–Crippen MR) is 84.7 cm³/mol. The minimum Gasteiger partial charge on any atom is -0.272 e. The fraction of sp³-hybridized carbons (Fsp3) is 0.647. The second kappa shape index (κ2) is 5.32. The Kier molecular flexibility index (Phi) is 3.64. The molecule has 1 saturated carbocycles. The Bertz CT molecular complexity index is 631. The molecule has 4 nitrogen and oxygen atoms in total. The molecule has 2 aromatic rings. The average Bonchev–Trinajstić information content (AvgIpc) is 3.09. The maximum Gasteiger partial charge on any atom is 0.0633 e. The lowest BCUT2D eigenvalue weighted by molar-refractivity contribution is 0.633. The Hall–Kier alpha value is -1.58. The molecule has 1 aliphatic rings. The molecule has 2 aromatic heterocycles. The van der Waals surface area contributed by atoms with Crippen molar-refractivity contribution in [2.75, 3.05) is 0 Å². The lowest BCUT2D eigenvalue weighted by atomic mass is 9.96. The summed E-state index contributed by atoms with van der Waals surface area (Å²) in [5.41, 5.74) is 5.04. The van der Waals surface area contributed by atoms with Crippen LogP contribution in [-0.2, 0) is 13.5 Å². The van der Waals surface area contributed by atoms with E-state index in [9.17, 15) is 0 Å². The Morgan fingerprint density at radius 2 is 1.95 bits per heavy atom. The maximum atomic E-state index is 4.68. The predicted octanol–water partition coefficient (Wildman–Crippen LogP) is 3.73. The first-order chi connectivity index (χ1) is 9.95. The summed E-state index contributed by atoms with van der Waals surface area (Å²) in [6.07, 6.45) is 5.81. The van der Waals surface area contributed by atoms with E-state index >= 15 is 0 Å². The molecule has 1 fully saturated rings. The largest absolute Gasteiger partial charge is 0.272 e. The van der Waals surface area contributed by atoms with Crippen LogP contribution < -0.4 is 0 Å². The summed E-state index contributed by atoms with van der Waals surface area (Å²) in [6, 6.07) is 2.91. The quantitative estimate of drug-likeness (QED) is 0.839. The first kappa shape index (κ1) is 14.4. The summed E-state index contributed by atoms with van der Waals surface area (Å²) in [5, 5.41) is 9.35. The van der Waals surface area contributed by atoms with E-state index < -0.39 is 0 Å². The highest BCUT2D eigenvalue weighted by Crippen LogP contribution is 2.35. The lowest BCUT2D eigenvalue weighted by Gasteiger charge is -2.08. The molecule has 21 heavy (non-hydrogen) atoms. The van der Waals surface area contributed by atoms with Crippen LogP contribution >= 0.6 is 0 Å². The van der Waals surface area contributed by atoms with Crippen molar-refractivity contribution >= 4 is 0 Å². The minimum absolute atomic E-state index is 0.465. The summed E-state index contributed by atoms with van der Waals surface area (Å²) in [4.78, 5) is 0. The van der Waals surface area contributed by atoms with E-state index in [1.807, 2.05) is 11.7 Å². The van der Waals surface area contributed by atoms with Crippen molar-refractivity contribution in [2.45, 2.75) is 64.8 Å². The van der Waals surface area contributed by atoms with Gasteiger partial charge in [0.2, 0.25) is 0 Å². The van der Waals surface area contributed by atoms with E-state index in [4.69, 9.17) is 0 Å². The minimum atomic E-state index is 0.465. The molecule has 0 N–H and O–H groups in total. The molecule has 2 heterocycles. The number of hydrogen-bond donors (Lipinski definition) is 0. The first-order valence-electron chi connectivity index (χ1n) is 8.04.